The van der Waals surface area contributed by atoms with E-state index in [1.165, 1.54) is 16.2 Å². The minimum atomic E-state index is -0.697. The average Bonchev–Trinajstić information content (AvgIpc) is 3.31. The van der Waals surface area contributed by atoms with Crippen LogP contribution in [0.4, 0.5) is 4.79 Å². The molecule has 166 valence electrons. The molecule has 0 radical (unpaired) electrons. The number of nitrogens with one attached hydrogen (secondary N) is 1. The molecule has 1 aliphatic carbocycles. The summed E-state index contributed by atoms with van der Waals surface area (Å²) in [4.78, 5) is 49.1. The predicted molar refractivity (Wildman–Crippen MR) is 117 cm³/mol. The highest BCUT2D eigenvalue weighted by atomic mass is 32.1. The molecule has 31 heavy (non-hydrogen) atoms. The molecule has 4 heterocycles. The number of fused-ring (bicyclic) bond motifs is 1. The summed E-state index contributed by atoms with van der Waals surface area (Å²) in [5, 5.41) is 4.89. The van der Waals surface area contributed by atoms with Crippen LogP contribution >= 0.6 is 11.3 Å². The molecule has 1 spiro atoms. The minimum Gasteiger partial charge on any atom is -0.323 e. The topological polar surface area (TPSA) is 90.3 Å². The number of amides is 3. The molecule has 1 saturated carbocycles. The maximum Gasteiger partial charge on any atom is 0.326 e. The predicted octanol–water partition coefficient (Wildman–Crippen LogP) is 1.33. The van der Waals surface area contributed by atoms with Gasteiger partial charge < -0.3 is 5.32 Å². The second-order valence-electron chi connectivity index (χ2n) is 8.96. The molecule has 2 saturated heterocycles. The summed E-state index contributed by atoms with van der Waals surface area (Å²) >= 11 is 1.46. The number of nitrogens with zero attached hydrogens (tertiary/aromatic N) is 5. The SMILES string of the molecule is C[C@H]1CCCC[C@]12NC(=O)N(CN1CCN(Cc3cc(=O)n4ccsc4n3)CC1)C2=O. The standard InChI is InChI=1S/C21H28N6O3S/c1-15-4-2-3-5-21(15)18(29)27(19(30)23-21)14-25-8-6-24(7-9-25)13-16-12-17(28)26-10-11-31-20(26)22-16/h10-12,15H,2-9,13-14H2,1H3,(H,23,30)/t15-,21-/m0/s1. The van der Waals surface area contributed by atoms with E-state index in [-0.39, 0.29) is 23.4 Å². The average molecular weight is 445 g/mol. The number of thiazole rings is 1. The molecule has 3 fully saturated rings. The normalized spacial score (nSPS) is 28.0. The maximum absolute atomic E-state index is 13.2. The fourth-order valence-corrected chi connectivity index (χ4v) is 5.85. The van der Waals surface area contributed by atoms with Gasteiger partial charge in [0.2, 0.25) is 0 Å². The van der Waals surface area contributed by atoms with E-state index in [4.69, 9.17) is 0 Å². The summed E-state index contributed by atoms with van der Waals surface area (Å²) in [6.07, 6.45) is 5.57. The number of piperazine rings is 1. The van der Waals surface area contributed by atoms with Gasteiger partial charge in [0.1, 0.15) is 5.54 Å². The van der Waals surface area contributed by atoms with Crippen molar-refractivity contribution in [3.05, 3.63) is 33.7 Å². The van der Waals surface area contributed by atoms with Gasteiger partial charge in [0, 0.05) is 50.4 Å². The summed E-state index contributed by atoms with van der Waals surface area (Å²) in [5.74, 6) is 0.123. The molecule has 2 aliphatic heterocycles. The number of rotatable bonds is 4. The molecule has 2 aromatic heterocycles. The van der Waals surface area contributed by atoms with Crippen LogP contribution in [-0.2, 0) is 11.3 Å². The Morgan fingerprint density at radius 2 is 1.94 bits per heavy atom. The quantitative estimate of drug-likeness (QED) is 0.716. The number of hydrogen-bond donors (Lipinski definition) is 1. The van der Waals surface area contributed by atoms with E-state index in [2.05, 4.69) is 27.0 Å². The van der Waals surface area contributed by atoms with Crippen molar-refractivity contribution in [1.82, 2.24) is 29.4 Å². The van der Waals surface area contributed by atoms with Gasteiger partial charge in [-0.25, -0.2) is 14.7 Å². The van der Waals surface area contributed by atoms with Crippen LogP contribution in [0.5, 0.6) is 0 Å². The Morgan fingerprint density at radius 1 is 1.16 bits per heavy atom. The summed E-state index contributed by atoms with van der Waals surface area (Å²) in [6.45, 7) is 6.18. The lowest BCUT2D eigenvalue weighted by Gasteiger charge is -2.38. The molecule has 1 N–H and O–H groups in total. The Balaban J connectivity index is 1.18. The zero-order valence-electron chi connectivity index (χ0n) is 17.7. The van der Waals surface area contributed by atoms with Gasteiger partial charge in [-0.05, 0) is 18.8 Å². The lowest BCUT2D eigenvalue weighted by atomic mass is 9.73. The van der Waals surface area contributed by atoms with Crippen molar-refractivity contribution in [2.24, 2.45) is 5.92 Å². The number of urea groups is 1. The Hall–Kier alpha value is -2.30. The van der Waals surface area contributed by atoms with Crippen molar-refractivity contribution in [3.63, 3.8) is 0 Å². The van der Waals surface area contributed by atoms with Crippen LogP contribution in [0.1, 0.15) is 38.3 Å². The second-order valence-corrected chi connectivity index (χ2v) is 9.83. The Kier molecular flexibility index (Phi) is 5.31. The molecule has 3 amide bonds. The molecule has 3 aliphatic rings. The fraction of sp³-hybridized carbons (Fsp3) is 0.619. The van der Waals surface area contributed by atoms with E-state index in [0.717, 1.165) is 57.6 Å². The first kappa shape index (κ1) is 20.6. The summed E-state index contributed by atoms with van der Waals surface area (Å²) in [7, 11) is 0. The van der Waals surface area contributed by atoms with Crippen molar-refractivity contribution in [2.45, 2.75) is 44.7 Å². The van der Waals surface area contributed by atoms with Gasteiger partial charge >= 0.3 is 6.03 Å². The Bertz CT molecular complexity index is 1060. The second kappa shape index (κ2) is 7.99. The largest absolute Gasteiger partial charge is 0.326 e. The van der Waals surface area contributed by atoms with Crippen molar-refractivity contribution < 1.29 is 9.59 Å². The van der Waals surface area contributed by atoms with E-state index in [1.54, 1.807) is 16.7 Å². The lowest BCUT2D eigenvalue weighted by Crippen LogP contribution is -2.55. The van der Waals surface area contributed by atoms with Gasteiger partial charge in [0.05, 0.1) is 12.4 Å². The molecule has 0 aromatic carbocycles. The molecule has 2 aromatic rings. The van der Waals surface area contributed by atoms with Gasteiger partial charge in [-0.1, -0.05) is 19.8 Å². The Morgan fingerprint density at radius 3 is 2.71 bits per heavy atom. The first-order chi connectivity index (χ1) is 15.0. The Labute approximate surface area is 184 Å². The van der Waals surface area contributed by atoms with E-state index in [9.17, 15) is 14.4 Å². The van der Waals surface area contributed by atoms with Crippen LogP contribution < -0.4 is 10.9 Å². The third kappa shape index (κ3) is 3.66. The molecule has 10 heteroatoms. The van der Waals surface area contributed by atoms with Crippen molar-refractivity contribution in [1.29, 1.82) is 0 Å². The molecule has 0 bridgehead atoms. The van der Waals surface area contributed by atoms with E-state index < -0.39 is 5.54 Å². The summed E-state index contributed by atoms with van der Waals surface area (Å²) in [6, 6.07) is 1.35. The van der Waals surface area contributed by atoms with E-state index in [1.807, 2.05) is 5.38 Å². The zero-order valence-corrected chi connectivity index (χ0v) is 18.6. The van der Waals surface area contributed by atoms with Crippen LogP contribution in [-0.4, -0.2) is 74.4 Å². The van der Waals surface area contributed by atoms with Crippen LogP contribution in [0.2, 0.25) is 0 Å². The number of imide groups is 1. The maximum atomic E-state index is 13.2. The van der Waals surface area contributed by atoms with E-state index >= 15 is 0 Å². The fourth-order valence-electron chi connectivity index (χ4n) is 5.11. The third-order valence-electron chi connectivity index (χ3n) is 7.05. The first-order valence-corrected chi connectivity index (χ1v) is 11.9. The number of aromatic nitrogens is 2. The minimum absolute atomic E-state index is 0.0516. The molecular formula is C21H28N6O3S. The molecule has 9 nitrogen and oxygen atoms in total. The van der Waals surface area contributed by atoms with E-state index in [0.29, 0.717) is 18.2 Å². The van der Waals surface area contributed by atoms with Crippen molar-refractivity contribution in [2.75, 3.05) is 32.8 Å². The number of hydrogen-bond acceptors (Lipinski definition) is 7. The highest BCUT2D eigenvalue weighted by Crippen LogP contribution is 2.38. The number of carbonyl (C=O) groups excluding carboxylic acids is 2. The van der Waals surface area contributed by atoms with Gasteiger partial charge in [0.25, 0.3) is 11.5 Å². The zero-order chi connectivity index (χ0) is 21.6. The smallest absolute Gasteiger partial charge is 0.323 e. The first-order valence-electron chi connectivity index (χ1n) is 11.0. The van der Waals surface area contributed by atoms with Crippen LogP contribution in [0, 0.1) is 5.92 Å². The summed E-state index contributed by atoms with van der Waals surface area (Å²) < 4.78 is 1.56. The van der Waals surface area contributed by atoms with Crippen LogP contribution in [0.3, 0.4) is 0 Å². The number of carbonyl (C=O) groups is 2. The third-order valence-corrected chi connectivity index (χ3v) is 7.81. The molecule has 2 atom stereocenters. The van der Waals surface area contributed by atoms with Crippen molar-refractivity contribution >= 4 is 28.2 Å². The van der Waals surface area contributed by atoms with Crippen LogP contribution in [0.25, 0.3) is 4.96 Å². The highest BCUT2D eigenvalue weighted by molar-refractivity contribution is 7.15. The molecule has 0 unspecified atom stereocenters. The highest BCUT2D eigenvalue weighted by Gasteiger charge is 2.55. The van der Waals surface area contributed by atoms with Crippen LogP contribution in [0.15, 0.2) is 22.4 Å². The van der Waals surface area contributed by atoms with Gasteiger partial charge in [-0.2, -0.15) is 0 Å². The molecular weight excluding hydrogens is 416 g/mol. The lowest BCUT2D eigenvalue weighted by molar-refractivity contribution is -0.136. The van der Waals surface area contributed by atoms with Gasteiger partial charge in [-0.3, -0.25) is 23.8 Å². The summed E-state index contributed by atoms with van der Waals surface area (Å²) in [5.41, 5.74) is 0.0321. The molecule has 5 rings (SSSR count). The monoisotopic (exact) mass is 444 g/mol. The van der Waals surface area contributed by atoms with Gasteiger partial charge in [-0.15, -0.1) is 11.3 Å². The van der Waals surface area contributed by atoms with Gasteiger partial charge in [0.15, 0.2) is 4.96 Å². The van der Waals surface area contributed by atoms with Crippen molar-refractivity contribution in [3.8, 4) is 0 Å².